The zero-order chi connectivity index (χ0) is 18.9. The molecule has 0 bridgehead atoms. The van der Waals surface area contributed by atoms with Crippen molar-refractivity contribution < 1.29 is 50.3 Å². The number of hydrogen-bond donors (Lipinski definition) is 8. The van der Waals surface area contributed by atoms with E-state index < -0.39 is 68.8 Å². The molecule has 10 heteroatoms. The quantitative estimate of drug-likeness (QED) is 0.153. The Hall–Kier alpha value is -0.400. The van der Waals surface area contributed by atoms with E-state index >= 15 is 0 Å². The minimum absolute atomic E-state index is 0.141. The van der Waals surface area contributed by atoms with Gasteiger partial charge in [0.05, 0.1) is 25.9 Å². The topological polar surface area (TPSA) is 180 Å². The number of hydrogen-bond acceptors (Lipinski definition) is 10. The SMILES string of the molecule is CCC(O)C(O)C(O[C@@H](OC(CO)[C@@H](O)CO)[C@H](C)O)C(O)CO. The summed E-state index contributed by atoms with van der Waals surface area (Å²) in [6, 6.07) is 0. The van der Waals surface area contributed by atoms with Crippen molar-refractivity contribution in [1.82, 2.24) is 0 Å². The van der Waals surface area contributed by atoms with Gasteiger partial charge in [0.25, 0.3) is 0 Å². The average Bonchev–Trinajstić information content (AvgIpc) is 2.58. The third-order valence-electron chi connectivity index (χ3n) is 3.51. The van der Waals surface area contributed by atoms with Gasteiger partial charge in [0.1, 0.15) is 36.6 Å². The van der Waals surface area contributed by atoms with E-state index in [1.54, 1.807) is 6.92 Å². The third kappa shape index (κ3) is 7.23. The lowest BCUT2D eigenvalue weighted by Gasteiger charge is -2.35. The monoisotopic (exact) mass is 358 g/mol. The lowest BCUT2D eigenvalue weighted by molar-refractivity contribution is -0.280. The Balaban J connectivity index is 5.19. The van der Waals surface area contributed by atoms with Crippen LogP contribution in [0, 0.1) is 0 Å². The van der Waals surface area contributed by atoms with Crippen molar-refractivity contribution in [2.75, 3.05) is 19.8 Å². The van der Waals surface area contributed by atoms with E-state index in [2.05, 4.69) is 0 Å². The summed E-state index contributed by atoms with van der Waals surface area (Å²) in [5.74, 6) is 0. The van der Waals surface area contributed by atoms with E-state index in [-0.39, 0.29) is 6.42 Å². The molecule has 0 radical (unpaired) electrons. The second kappa shape index (κ2) is 12.0. The number of aliphatic hydroxyl groups is 8. The van der Waals surface area contributed by atoms with Crippen LogP contribution in [0.1, 0.15) is 20.3 Å². The van der Waals surface area contributed by atoms with Crippen molar-refractivity contribution >= 4 is 0 Å². The van der Waals surface area contributed by atoms with Crippen LogP contribution in [0.4, 0.5) is 0 Å². The van der Waals surface area contributed by atoms with Crippen molar-refractivity contribution in [3.63, 3.8) is 0 Å². The molecule has 0 aliphatic rings. The Morgan fingerprint density at radius 2 is 1.29 bits per heavy atom. The molecule has 0 amide bonds. The molecule has 0 spiro atoms. The average molecular weight is 358 g/mol. The zero-order valence-corrected chi connectivity index (χ0v) is 13.8. The summed E-state index contributed by atoms with van der Waals surface area (Å²) in [5.41, 5.74) is 0. The zero-order valence-electron chi connectivity index (χ0n) is 13.8. The first-order valence-electron chi connectivity index (χ1n) is 7.77. The van der Waals surface area contributed by atoms with E-state index in [1.807, 2.05) is 0 Å². The smallest absolute Gasteiger partial charge is 0.184 e. The van der Waals surface area contributed by atoms with Gasteiger partial charge >= 0.3 is 0 Å². The fourth-order valence-corrected chi connectivity index (χ4v) is 1.92. The standard InChI is InChI=1S/C14H30O10/c1-3-8(19)12(22)13(10(21)5-16)24-14(7(2)18)23-11(6-17)9(20)4-15/h7-22H,3-6H2,1-2H3/t7-,8?,9-,10?,11?,12?,13?,14+/m0/s1. The van der Waals surface area contributed by atoms with Crippen LogP contribution in [0.3, 0.4) is 0 Å². The molecule has 0 fully saturated rings. The Morgan fingerprint density at radius 3 is 1.67 bits per heavy atom. The number of aliphatic hydroxyl groups excluding tert-OH is 8. The van der Waals surface area contributed by atoms with Gasteiger partial charge in [-0.1, -0.05) is 6.92 Å². The van der Waals surface area contributed by atoms with Crippen molar-refractivity contribution in [2.45, 2.75) is 69.3 Å². The summed E-state index contributed by atoms with van der Waals surface area (Å²) < 4.78 is 10.5. The highest BCUT2D eigenvalue weighted by Crippen LogP contribution is 2.18. The summed E-state index contributed by atoms with van der Waals surface area (Å²) in [6.07, 6.45) is -11.4. The summed E-state index contributed by atoms with van der Waals surface area (Å²) in [6.45, 7) is 0.653. The van der Waals surface area contributed by atoms with Gasteiger partial charge in [-0.15, -0.1) is 0 Å². The van der Waals surface area contributed by atoms with Gasteiger partial charge in [0, 0.05) is 0 Å². The molecular weight excluding hydrogens is 328 g/mol. The van der Waals surface area contributed by atoms with Gasteiger partial charge in [0.15, 0.2) is 6.29 Å². The first-order chi connectivity index (χ1) is 11.2. The molecule has 0 saturated heterocycles. The molecule has 0 aromatic carbocycles. The Labute approximate surface area is 140 Å². The predicted molar refractivity (Wildman–Crippen MR) is 80.8 cm³/mol. The lowest BCUT2D eigenvalue weighted by atomic mass is 10.0. The van der Waals surface area contributed by atoms with E-state index in [1.165, 1.54) is 6.92 Å². The van der Waals surface area contributed by atoms with Crippen LogP contribution in [-0.2, 0) is 9.47 Å². The maximum Gasteiger partial charge on any atom is 0.184 e. The summed E-state index contributed by atoms with van der Waals surface area (Å²) >= 11 is 0. The fraction of sp³-hybridized carbons (Fsp3) is 1.00. The Morgan fingerprint density at radius 1 is 0.750 bits per heavy atom. The minimum atomic E-state index is -1.59. The van der Waals surface area contributed by atoms with Crippen LogP contribution in [0.2, 0.25) is 0 Å². The molecular formula is C14H30O10. The Kier molecular flexibility index (Phi) is 11.8. The van der Waals surface area contributed by atoms with Crippen LogP contribution >= 0.6 is 0 Å². The van der Waals surface area contributed by atoms with Gasteiger partial charge in [-0.05, 0) is 13.3 Å². The normalized spacial score (nSPS) is 22.2. The van der Waals surface area contributed by atoms with Crippen LogP contribution in [0.25, 0.3) is 0 Å². The molecule has 0 aromatic heterocycles. The van der Waals surface area contributed by atoms with Crippen molar-refractivity contribution in [1.29, 1.82) is 0 Å². The number of rotatable bonds is 13. The third-order valence-corrected chi connectivity index (χ3v) is 3.51. The van der Waals surface area contributed by atoms with Crippen molar-refractivity contribution in [3.8, 4) is 0 Å². The number of ether oxygens (including phenoxy) is 2. The van der Waals surface area contributed by atoms with E-state index in [0.29, 0.717) is 0 Å². The molecule has 8 N–H and O–H groups in total. The van der Waals surface area contributed by atoms with E-state index in [4.69, 9.17) is 19.7 Å². The van der Waals surface area contributed by atoms with Crippen LogP contribution < -0.4 is 0 Å². The molecule has 5 unspecified atom stereocenters. The van der Waals surface area contributed by atoms with Gasteiger partial charge in [0.2, 0.25) is 0 Å². The van der Waals surface area contributed by atoms with Gasteiger partial charge in [-0.2, -0.15) is 0 Å². The summed E-state index contributed by atoms with van der Waals surface area (Å²) in [4.78, 5) is 0. The summed E-state index contributed by atoms with van der Waals surface area (Å²) in [7, 11) is 0. The Bertz CT molecular complexity index is 316. The molecule has 0 heterocycles. The molecule has 10 nitrogen and oxygen atoms in total. The van der Waals surface area contributed by atoms with Crippen LogP contribution in [-0.4, -0.2) is 110 Å². The molecule has 0 aromatic rings. The first-order valence-corrected chi connectivity index (χ1v) is 7.77. The molecule has 146 valence electrons. The highest BCUT2D eigenvalue weighted by molar-refractivity contribution is 4.83. The van der Waals surface area contributed by atoms with Crippen molar-refractivity contribution in [3.05, 3.63) is 0 Å². The highest BCUT2D eigenvalue weighted by Gasteiger charge is 2.37. The minimum Gasteiger partial charge on any atom is -0.394 e. The summed E-state index contributed by atoms with van der Waals surface area (Å²) in [5, 5.41) is 75.9. The molecule has 24 heavy (non-hydrogen) atoms. The van der Waals surface area contributed by atoms with Gasteiger partial charge in [-0.3, -0.25) is 0 Å². The lowest BCUT2D eigenvalue weighted by Crippen LogP contribution is -2.52. The highest BCUT2D eigenvalue weighted by atomic mass is 16.7. The van der Waals surface area contributed by atoms with E-state index in [9.17, 15) is 30.6 Å². The first kappa shape index (κ1) is 23.6. The van der Waals surface area contributed by atoms with Crippen LogP contribution in [0.15, 0.2) is 0 Å². The van der Waals surface area contributed by atoms with E-state index in [0.717, 1.165) is 0 Å². The second-order valence-corrected chi connectivity index (χ2v) is 5.53. The van der Waals surface area contributed by atoms with Gasteiger partial charge in [-0.25, -0.2) is 0 Å². The molecule has 0 aliphatic heterocycles. The second-order valence-electron chi connectivity index (χ2n) is 5.53. The largest absolute Gasteiger partial charge is 0.394 e. The fourth-order valence-electron chi connectivity index (χ4n) is 1.92. The van der Waals surface area contributed by atoms with Crippen molar-refractivity contribution in [2.24, 2.45) is 0 Å². The van der Waals surface area contributed by atoms with Crippen LogP contribution in [0.5, 0.6) is 0 Å². The molecule has 0 aliphatic carbocycles. The molecule has 8 atom stereocenters. The maximum atomic E-state index is 10.0. The maximum absolute atomic E-state index is 10.0. The molecule has 0 saturated carbocycles. The van der Waals surface area contributed by atoms with Gasteiger partial charge < -0.3 is 50.3 Å². The predicted octanol–water partition coefficient (Wildman–Crippen LogP) is -3.71. The molecule has 0 rings (SSSR count).